The molecule has 1 N–H and O–H groups in total. The van der Waals surface area contributed by atoms with E-state index in [9.17, 15) is 4.79 Å². The van der Waals surface area contributed by atoms with Crippen molar-refractivity contribution in [1.29, 1.82) is 0 Å². The summed E-state index contributed by atoms with van der Waals surface area (Å²) in [6, 6.07) is 14.9. The van der Waals surface area contributed by atoms with Crippen LogP contribution in [-0.2, 0) is 0 Å². The van der Waals surface area contributed by atoms with Gasteiger partial charge < -0.3 is 24.9 Å². The first-order chi connectivity index (χ1) is 18.7. The molecule has 3 aliphatic heterocycles. The molecule has 38 heavy (non-hydrogen) atoms. The average Bonchev–Trinajstić information content (AvgIpc) is 3.52. The fourth-order valence-electron chi connectivity index (χ4n) is 6.20. The Bertz CT molecular complexity index is 1240. The molecule has 8 heteroatoms. The molecule has 0 radical (unpaired) electrons. The van der Waals surface area contributed by atoms with Crippen LogP contribution in [0.5, 0.6) is 0 Å². The topological polar surface area (TPSA) is 67.8 Å². The Kier molecular flexibility index (Phi) is 7.31. The summed E-state index contributed by atoms with van der Waals surface area (Å²) in [5.74, 6) is 0.336. The molecule has 0 spiro atoms. The van der Waals surface area contributed by atoms with Crippen LogP contribution in [0.1, 0.15) is 44.2 Å². The number of benzene rings is 2. The maximum absolute atomic E-state index is 13.0. The molecule has 3 aromatic rings. The van der Waals surface area contributed by atoms with Gasteiger partial charge in [0, 0.05) is 80.7 Å². The minimum absolute atomic E-state index is 0.0160. The SMILES string of the molecule is CCN1CCN(c2ccc3c(C4CCN(C(=O)Nc5ccc(N6CCCC6)cc5)CC4)ncnc3c2)CC1. The lowest BCUT2D eigenvalue weighted by Crippen LogP contribution is -2.46. The van der Waals surface area contributed by atoms with Crippen LogP contribution in [0.3, 0.4) is 0 Å². The van der Waals surface area contributed by atoms with Crippen molar-refractivity contribution in [3.63, 3.8) is 0 Å². The zero-order valence-corrected chi connectivity index (χ0v) is 22.5. The number of anilines is 3. The molecule has 3 saturated heterocycles. The largest absolute Gasteiger partial charge is 0.372 e. The second-order valence-corrected chi connectivity index (χ2v) is 10.8. The van der Waals surface area contributed by atoms with Gasteiger partial charge in [-0.25, -0.2) is 14.8 Å². The van der Waals surface area contributed by atoms with Gasteiger partial charge in [-0.1, -0.05) is 6.92 Å². The number of likely N-dealkylation sites (tertiary alicyclic amines) is 1. The van der Waals surface area contributed by atoms with Crippen LogP contribution in [0, 0.1) is 0 Å². The number of nitrogens with one attached hydrogen (secondary N) is 1. The third kappa shape index (κ3) is 5.27. The van der Waals surface area contributed by atoms with Crippen molar-refractivity contribution in [2.75, 3.05) is 74.0 Å². The van der Waals surface area contributed by atoms with Crippen LogP contribution in [0.4, 0.5) is 21.9 Å². The second-order valence-electron chi connectivity index (χ2n) is 10.8. The quantitative estimate of drug-likeness (QED) is 0.530. The maximum Gasteiger partial charge on any atom is 0.321 e. The lowest BCUT2D eigenvalue weighted by atomic mass is 9.91. The van der Waals surface area contributed by atoms with E-state index in [4.69, 9.17) is 4.98 Å². The fraction of sp³-hybridized carbons (Fsp3) is 0.500. The third-order valence-electron chi connectivity index (χ3n) is 8.59. The number of urea groups is 1. The van der Waals surface area contributed by atoms with Crippen molar-refractivity contribution in [2.24, 2.45) is 0 Å². The van der Waals surface area contributed by atoms with Gasteiger partial charge in [-0.05, 0) is 74.7 Å². The third-order valence-corrected chi connectivity index (χ3v) is 8.59. The van der Waals surface area contributed by atoms with Gasteiger partial charge in [0.2, 0.25) is 0 Å². The molecule has 1 aromatic heterocycles. The van der Waals surface area contributed by atoms with Crippen LogP contribution in [0.2, 0.25) is 0 Å². The molecule has 3 fully saturated rings. The van der Waals surface area contributed by atoms with E-state index in [2.05, 4.69) is 62.3 Å². The molecular formula is C30H39N7O. The zero-order valence-electron chi connectivity index (χ0n) is 22.5. The number of piperidine rings is 1. The predicted octanol–water partition coefficient (Wildman–Crippen LogP) is 4.78. The molecule has 0 unspecified atom stereocenters. The summed E-state index contributed by atoms with van der Waals surface area (Å²) in [5, 5.41) is 4.24. The van der Waals surface area contributed by atoms with Crippen molar-refractivity contribution in [1.82, 2.24) is 19.8 Å². The van der Waals surface area contributed by atoms with Crippen LogP contribution in [-0.4, -0.2) is 84.7 Å². The zero-order chi connectivity index (χ0) is 25.9. The van der Waals surface area contributed by atoms with Crippen LogP contribution in [0.25, 0.3) is 10.9 Å². The summed E-state index contributed by atoms with van der Waals surface area (Å²) in [7, 11) is 0. The molecule has 4 heterocycles. The lowest BCUT2D eigenvalue weighted by molar-refractivity contribution is 0.194. The Hall–Kier alpha value is -3.39. The molecular weight excluding hydrogens is 474 g/mol. The van der Waals surface area contributed by atoms with Crippen LogP contribution < -0.4 is 15.1 Å². The first-order valence-electron chi connectivity index (χ1n) is 14.3. The highest BCUT2D eigenvalue weighted by Gasteiger charge is 2.26. The van der Waals surface area contributed by atoms with Crippen molar-refractivity contribution >= 4 is 34.0 Å². The van der Waals surface area contributed by atoms with Gasteiger partial charge in [0.05, 0.1) is 11.2 Å². The van der Waals surface area contributed by atoms with E-state index in [1.165, 1.54) is 24.2 Å². The number of nitrogens with zero attached hydrogens (tertiary/aromatic N) is 6. The number of piperazine rings is 1. The van der Waals surface area contributed by atoms with E-state index in [0.29, 0.717) is 5.92 Å². The molecule has 0 bridgehead atoms. The number of aromatic nitrogens is 2. The number of hydrogen-bond donors (Lipinski definition) is 1. The molecule has 200 valence electrons. The normalized spacial score (nSPS) is 19.3. The molecule has 6 rings (SSSR count). The minimum atomic E-state index is -0.0160. The van der Waals surface area contributed by atoms with Gasteiger partial charge in [-0.15, -0.1) is 0 Å². The summed E-state index contributed by atoms with van der Waals surface area (Å²) < 4.78 is 0. The van der Waals surface area contributed by atoms with Gasteiger partial charge in [-0.3, -0.25) is 0 Å². The second kappa shape index (κ2) is 11.2. The number of carbonyl (C=O) groups excluding carboxylic acids is 1. The highest BCUT2D eigenvalue weighted by molar-refractivity contribution is 5.89. The molecule has 0 aliphatic carbocycles. The Balaban J connectivity index is 1.07. The minimum Gasteiger partial charge on any atom is -0.372 e. The van der Waals surface area contributed by atoms with Crippen molar-refractivity contribution in [2.45, 2.75) is 38.5 Å². The monoisotopic (exact) mass is 513 g/mol. The van der Waals surface area contributed by atoms with Crippen LogP contribution in [0.15, 0.2) is 48.8 Å². The smallest absolute Gasteiger partial charge is 0.321 e. The Morgan fingerprint density at radius 2 is 1.53 bits per heavy atom. The Labute approximate surface area is 225 Å². The van der Waals surface area contributed by atoms with Gasteiger partial charge in [-0.2, -0.15) is 0 Å². The van der Waals surface area contributed by atoms with Crippen molar-refractivity contribution in [3.05, 3.63) is 54.5 Å². The fourth-order valence-corrected chi connectivity index (χ4v) is 6.20. The molecule has 0 saturated carbocycles. The molecule has 2 aromatic carbocycles. The van der Waals surface area contributed by atoms with Gasteiger partial charge in [0.1, 0.15) is 6.33 Å². The highest BCUT2D eigenvalue weighted by Crippen LogP contribution is 2.33. The Morgan fingerprint density at radius 3 is 2.24 bits per heavy atom. The number of rotatable bonds is 5. The van der Waals surface area contributed by atoms with E-state index in [1.807, 2.05) is 17.0 Å². The van der Waals surface area contributed by atoms with E-state index < -0.39 is 0 Å². The van der Waals surface area contributed by atoms with E-state index in [0.717, 1.165) is 94.0 Å². The van der Waals surface area contributed by atoms with E-state index in [1.54, 1.807) is 6.33 Å². The van der Waals surface area contributed by atoms with E-state index in [-0.39, 0.29) is 6.03 Å². The van der Waals surface area contributed by atoms with Crippen molar-refractivity contribution in [3.8, 4) is 0 Å². The first-order valence-corrected chi connectivity index (χ1v) is 14.3. The highest BCUT2D eigenvalue weighted by atomic mass is 16.2. The van der Waals surface area contributed by atoms with E-state index >= 15 is 0 Å². The number of hydrogen-bond acceptors (Lipinski definition) is 6. The molecule has 8 nitrogen and oxygen atoms in total. The number of amides is 2. The van der Waals surface area contributed by atoms with Gasteiger partial charge in [0.15, 0.2) is 0 Å². The van der Waals surface area contributed by atoms with Crippen LogP contribution >= 0.6 is 0 Å². The summed E-state index contributed by atoms with van der Waals surface area (Å²) in [5.41, 5.74) is 5.48. The van der Waals surface area contributed by atoms with Gasteiger partial charge in [0.25, 0.3) is 0 Å². The first kappa shape index (κ1) is 24.9. The standard InChI is InChI=1S/C30H39N7O/c1-2-34-17-19-36(20-18-34)26-9-10-27-28(21-26)31-22-32-29(27)23-11-15-37(16-12-23)30(38)33-24-5-7-25(8-6-24)35-13-3-4-14-35/h5-10,21-23H,2-4,11-20H2,1H3,(H,33,38). The molecule has 0 atom stereocenters. The predicted molar refractivity (Wildman–Crippen MR) is 154 cm³/mol. The molecule has 3 aliphatic rings. The summed E-state index contributed by atoms with van der Waals surface area (Å²) in [6.07, 6.45) is 6.05. The maximum atomic E-state index is 13.0. The summed E-state index contributed by atoms with van der Waals surface area (Å²) >= 11 is 0. The average molecular weight is 514 g/mol. The number of carbonyl (C=O) groups is 1. The lowest BCUT2D eigenvalue weighted by Gasteiger charge is -2.35. The Morgan fingerprint density at radius 1 is 0.842 bits per heavy atom. The summed E-state index contributed by atoms with van der Waals surface area (Å²) in [4.78, 5) is 31.6. The summed E-state index contributed by atoms with van der Waals surface area (Å²) in [6.45, 7) is 11.4. The number of fused-ring (bicyclic) bond motifs is 1. The molecule has 2 amide bonds. The van der Waals surface area contributed by atoms with Gasteiger partial charge >= 0.3 is 6.03 Å². The van der Waals surface area contributed by atoms with Crippen molar-refractivity contribution < 1.29 is 4.79 Å². The number of likely N-dealkylation sites (N-methyl/N-ethyl adjacent to an activating group) is 1.